The van der Waals surface area contributed by atoms with Gasteiger partial charge in [-0.3, -0.25) is 0 Å². The van der Waals surface area contributed by atoms with E-state index < -0.39 is 0 Å². The van der Waals surface area contributed by atoms with E-state index in [-0.39, 0.29) is 16.8 Å². The van der Waals surface area contributed by atoms with E-state index in [4.69, 9.17) is 9.47 Å². The Hall–Kier alpha value is -3.07. The van der Waals surface area contributed by atoms with E-state index in [1.165, 1.54) is 24.0 Å². The fraction of sp³-hybridized carbons (Fsp3) is 0.321. The van der Waals surface area contributed by atoms with Gasteiger partial charge in [0.05, 0.1) is 12.7 Å². The molecule has 0 amide bonds. The maximum atomic E-state index is 12.4. The zero-order chi connectivity index (χ0) is 21.9. The second-order valence-electron chi connectivity index (χ2n) is 9.29. The van der Waals surface area contributed by atoms with E-state index in [1.54, 1.807) is 19.2 Å². The lowest BCUT2D eigenvalue weighted by Gasteiger charge is -2.46. The van der Waals surface area contributed by atoms with Gasteiger partial charge in [0.1, 0.15) is 11.5 Å². The van der Waals surface area contributed by atoms with Gasteiger partial charge in [0.2, 0.25) is 0 Å². The molecule has 1 fully saturated rings. The third-order valence-corrected chi connectivity index (χ3v) is 6.51. The first-order chi connectivity index (χ1) is 14.9. The Morgan fingerprint density at radius 2 is 1.35 bits per heavy atom. The maximum absolute atomic E-state index is 12.4. The molecule has 0 saturated heterocycles. The predicted octanol–water partition coefficient (Wildman–Crippen LogP) is 6.80. The predicted molar refractivity (Wildman–Crippen MR) is 124 cm³/mol. The Labute approximate surface area is 185 Å². The molecule has 0 radical (unpaired) electrons. The second-order valence-corrected chi connectivity index (χ2v) is 9.29. The molecule has 1 unspecified atom stereocenters. The molecule has 0 heterocycles. The summed E-state index contributed by atoms with van der Waals surface area (Å²) in [6.45, 7) is 4.72. The van der Waals surface area contributed by atoms with Crippen molar-refractivity contribution in [3.05, 3.63) is 95.6 Å². The molecule has 31 heavy (non-hydrogen) atoms. The van der Waals surface area contributed by atoms with Crippen molar-refractivity contribution in [2.75, 3.05) is 7.11 Å². The van der Waals surface area contributed by atoms with Gasteiger partial charge in [-0.1, -0.05) is 62.7 Å². The molecule has 1 atom stereocenters. The number of esters is 1. The van der Waals surface area contributed by atoms with Crippen molar-refractivity contribution in [2.24, 2.45) is 5.41 Å². The van der Waals surface area contributed by atoms with Gasteiger partial charge in [-0.2, -0.15) is 0 Å². The van der Waals surface area contributed by atoms with Gasteiger partial charge in [0.15, 0.2) is 0 Å². The third-order valence-electron chi connectivity index (χ3n) is 6.51. The van der Waals surface area contributed by atoms with Crippen LogP contribution in [-0.4, -0.2) is 13.1 Å². The van der Waals surface area contributed by atoms with Gasteiger partial charge < -0.3 is 9.47 Å². The van der Waals surface area contributed by atoms with Crippen LogP contribution in [0.5, 0.6) is 11.5 Å². The molecular weight excluding hydrogens is 384 g/mol. The van der Waals surface area contributed by atoms with Crippen LogP contribution in [0.25, 0.3) is 0 Å². The molecule has 3 aromatic rings. The lowest BCUT2D eigenvalue weighted by molar-refractivity contribution is 0.0734. The minimum atomic E-state index is -0.336. The largest absolute Gasteiger partial charge is 0.497 e. The smallest absolute Gasteiger partial charge is 0.343 e. The zero-order valence-corrected chi connectivity index (χ0v) is 18.6. The van der Waals surface area contributed by atoms with Crippen molar-refractivity contribution >= 4 is 5.97 Å². The topological polar surface area (TPSA) is 35.5 Å². The quantitative estimate of drug-likeness (QED) is 0.340. The third kappa shape index (κ3) is 4.51. The first kappa shape index (κ1) is 21.2. The molecular formula is C28H30O3. The van der Waals surface area contributed by atoms with Crippen molar-refractivity contribution in [2.45, 2.75) is 44.9 Å². The van der Waals surface area contributed by atoms with E-state index in [9.17, 15) is 4.79 Å². The number of hydrogen-bond donors (Lipinski definition) is 0. The number of ether oxygens (including phenoxy) is 2. The Morgan fingerprint density at radius 1 is 0.774 bits per heavy atom. The number of rotatable bonds is 5. The fourth-order valence-corrected chi connectivity index (χ4v) is 5.01. The van der Waals surface area contributed by atoms with Crippen molar-refractivity contribution in [3.63, 3.8) is 0 Å². The molecule has 0 N–H and O–H groups in total. The van der Waals surface area contributed by atoms with Crippen molar-refractivity contribution in [1.82, 2.24) is 0 Å². The van der Waals surface area contributed by atoms with Gasteiger partial charge in [0.25, 0.3) is 0 Å². The van der Waals surface area contributed by atoms with Crippen LogP contribution in [0.1, 0.15) is 61.0 Å². The Morgan fingerprint density at radius 3 is 1.90 bits per heavy atom. The van der Waals surface area contributed by atoms with Crippen molar-refractivity contribution in [1.29, 1.82) is 0 Å². The minimum absolute atomic E-state index is 0.0595. The summed E-state index contributed by atoms with van der Waals surface area (Å²) in [5, 5.41) is 0. The van der Waals surface area contributed by atoms with Crippen LogP contribution in [0.3, 0.4) is 0 Å². The van der Waals surface area contributed by atoms with E-state index >= 15 is 0 Å². The highest BCUT2D eigenvalue weighted by Gasteiger charge is 2.42. The summed E-state index contributed by atoms with van der Waals surface area (Å²) in [5.41, 5.74) is 3.34. The zero-order valence-electron chi connectivity index (χ0n) is 18.6. The Bertz CT molecular complexity index is 1020. The summed E-state index contributed by atoms with van der Waals surface area (Å²) < 4.78 is 11.0. The average molecular weight is 415 g/mol. The summed E-state index contributed by atoms with van der Waals surface area (Å²) in [6, 6.07) is 25.7. The van der Waals surface area contributed by atoms with Gasteiger partial charge in [-0.15, -0.1) is 0 Å². The Balaban J connectivity index is 1.65. The molecule has 0 bridgehead atoms. The molecule has 0 aliphatic heterocycles. The highest BCUT2D eigenvalue weighted by molar-refractivity contribution is 5.90. The van der Waals surface area contributed by atoms with Crippen LogP contribution in [0, 0.1) is 5.41 Å². The van der Waals surface area contributed by atoms with Crippen LogP contribution >= 0.6 is 0 Å². The molecule has 3 heteroatoms. The van der Waals surface area contributed by atoms with Crippen LogP contribution in [0.15, 0.2) is 78.9 Å². The van der Waals surface area contributed by atoms with Gasteiger partial charge in [0, 0.05) is 5.41 Å². The molecule has 1 saturated carbocycles. The number of hydrogen-bond acceptors (Lipinski definition) is 3. The number of benzene rings is 3. The summed E-state index contributed by atoms with van der Waals surface area (Å²) in [4.78, 5) is 12.4. The van der Waals surface area contributed by atoms with E-state index in [2.05, 4.69) is 50.2 Å². The van der Waals surface area contributed by atoms with Gasteiger partial charge in [-0.25, -0.2) is 4.79 Å². The lowest BCUT2D eigenvalue weighted by Crippen LogP contribution is -2.37. The van der Waals surface area contributed by atoms with E-state index in [1.807, 2.05) is 30.3 Å². The first-order valence-electron chi connectivity index (χ1n) is 10.9. The fourth-order valence-electron chi connectivity index (χ4n) is 5.01. The summed E-state index contributed by atoms with van der Waals surface area (Å²) in [5.74, 6) is 1.10. The first-order valence-corrected chi connectivity index (χ1v) is 10.9. The van der Waals surface area contributed by atoms with E-state index in [0.717, 1.165) is 18.6 Å². The highest BCUT2D eigenvalue weighted by Crippen LogP contribution is 2.51. The monoisotopic (exact) mass is 414 g/mol. The van der Waals surface area contributed by atoms with E-state index in [0.29, 0.717) is 11.3 Å². The van der Waals surface area contributed by atoms with Crippen LogP contribution in [-0.2, 0) is 5.41 Å². The maximum Gasteiger partial charge on any atom is 0.343 e. The molecule has 0 aromatic heterocycles. The summed E-state index contributed by atoms with van der Waals surface area (Å²) in [7, 11) is 1.70. The number of methoxy groups -OCH3 is 1. The van der Waals surface area contributed by atoms with Crippen LogP contribution in [0.4, 0.5) is 0 Å². The van der Waals surface area contributed by atoms with Crippen molar-refractivity contribution < 1.29 is 14.3 Å². The minimum Gasteiger partial charge on any atom is -0.497 e. The standard InChI is InChI=1S/C28H30O3/c1-27(2)18-7-19-28(20-27,22-10-14-24(30-3)15-11-22)23-12-16-25(17-13-23)31-26(29)21-8-5-4-6-9-21/h4-6,8-17H,7,18-20H2,1-3H3. The second kappa shape index (κ2) is 8.58. The summed E-state index contributed by atoms with van der Waals surface area (Å²) in [6.07, 6.45) is 4.60. The van der Waals surface area contributed by atoms with Crippen LogP contribution in [0.2, 0.25) is 0 Å². The van der Waals surface area contributed by atoms with Crippen molar-refractivity contribution in [3.8, 4) is 11.5 Å². The summed E-state index contributed by atoms with van der Waals surface area (Å²) >= 11 is 0. The molecule has 3 nitrogen and oxygen atoms in total. The SMILES string of the molecule is COc1ccc(C2(c3ccc(OC(=O)c4ccccc4)cc3)CCCC(C)(C)C2)cc1. The van der Waals surface area contributed by atoms with Gasteiger partial charge >= 0.3 is 5.97 Å². The average Bonchev–Trinajstić information content (AvgIpc) is 2.79. The molecule has 4 rings (SSSR count). The van der Waals surface area contributed by atoms with Gasteiger partial charge in [-0.05, 0) is 72.2 Å². The molecule has 1 aliphatic carbocycles. The van der Waals surface area contributed by atoms with Crippen LogP contribution < -0.4 is 9.47 Å². The highest BCUT2D eigenvalue weighted by atomic mass is 16.5. The molecule has 160 valence electrons. The molecule has 0 spiro atoms. The number of carbonyl (C=O) groups is 1. The molecule has 1 aliphatic rings. The normalized spacial score (nSPS) is 20.1. The molecule has 3 aromatic carbocycles. The number of carbonyl (C=O) groups excluding carboxylic acids is 1. The lowest BCUT2D eigenvalue weighted by atomic mass is 9.58. The Kier molecular flexibility index (Phi) is 5.86.